The van der Waals surface area contributed by atoms with Crippen molar-refractivity contribution < 1.29 is 26.3 Å². The van der Waals surface area contributed by atoms with E-state index < -0.39 is 21.6 Å². The summed E-state index contributed by atoms with van der Waals surface area (Å²) in [4.78, 5) is 9.03. The van der Waals surface area contributed by atoms with Gasteiger partial charge >= 0.3 is 15.5 Å². The van der Waals surface area contributed by atoms with E-state index in [-0.39, 0.29) is 25.8 Å². The van der Waals surface area contributed by atoms with Gasteiger partial charge in [-0.05, 0) is 30.9 Å². The molecule has 2 aliphatic rings. The minimum Gasteiger partial charge on any atom is -0.376 e. The third-order valence-electron chi connectivity index (χ3n) is 6.16. The second kappa shape index (κ2) is 9.03. The number of hydrogen-bond donors (Lipinski definition) is 1. The van der Waals surface area contributed by atoms with Crippen LogP contribution in [-0.4, -0.2) is 53.5 Å². The zero-order valence-corrected chi connectivity index (χ0v) is 18.6. The van der Waals surface area contributed by atoms with E-state index in [4.69, 9.17) is 4.74 Å². The molecule has 1 aromatic carbocycles. The third-order valence-corrected chi connectivity index (χ3v) is 7.71. The maximum atomic E-state index is 13.5. The molecule has 11 heteroatoms. The molecule has 1 saturated carbocycles. The number of alkyl halides is 3. The zero-order chi connectivity index (χ0) is 22.9. The number of fused-ring (bicyclic) bond motifs is 1. The quantitative estimate of drug-likeness (QED) is 0.694. The average Bonchev–Trinajstić information content (AvgIpc) is 3.39. The van der Waals surface area contributed by atoms with Crippen molar-refractivity contribution in [2.75, 3.05) is 18.1 Å². The molecule has 2 heterocycles. The maximum Gasteiger partial charge on any atom is 0.511 e. The lowest BCUT2D eigenvalue weighted by molar-refractivity contribution is -0.0495. The summed E-state index contributed by atoms with van der Waals surface area (Å²) < 4.78 is 71.9. The summed E-state index contributed by atoms with van der Waals surface area (Å²) in [7, 11) is -5.50. The maximum absolute atomic E-state index is 13.5. The van der Waals surface area contributed by atoms with E-state index in [0.29, 0.717) is 16.4 Å². The Balaban J connectivity index is 1.74. The average molecular weight is 473 g/mol. The number of aromatic amines is 1. The fraction of sp³-hybridized carbons (Fsp3) is 0.571. The highest BCUT2D eigenvalue weighted by Gasteiger charge is 2.51. The molecule has 1 aliphatic carbocycles. The first-order valence-corrected chi connectivity index (χ1v) is 12.1. The molecular weight excluding hydrogens is 445 g/mol. The largest absolute Gasteiger partial charge is 0.511 e. The molecule has 0 amide bonds. The Kier molecular flexibility index (Phi) is 6.51. The molecule has 4 rings (SSSR count). The monoisotopic (exact) mass is 472 g/mol. The van der Waals surface area contributed by atoms with Crippen molar-refractivity contribution in [3.8, 4) is 0 Å². The van der Waals surface area contributed by atoms with Crippen molar-refractivity contribution in [2.45, 2.75) is 63.4 Å². The van der Waals surface area contributed by atoms with Gasteiger partial charge in [0.1, 0.15) is 0 Å². The molecule has 0 unspecified atom stereocenters. The number of H-pyrrole nitrogens is 1. The van der Waals surface area contributed by atoms with Gasteiger partial charge in [-0.15, -0.1) is 0 Å². The fourth-order valence-electron chi connectivity index (χ4n) is 4.57. The summed E-state index contributed by atoms with van der Waals surface area (Å²) in [5, 5.41) is 0. The van der Waals surface area contributed by atoms with Crippen LogP contribution in [0.2, 0.25) is 0 Å². The Morgan fingerprint density at radius 2 is 2.00 bits per heavy atom. The van der Waals surface area contributed by atoms with Gasteiger partial charge in [-0.1, -0.05) is 31.0 Å². The van der Waals surface area contributed by atoms with Gasteiger partial charge in [0.25, 0.3) is 0 Å². The van der Waals surface area contributed by atoms with E-state index in [9.17, 15) is 21.6 Å². The lowest BCUT2D eigenvalue weighted by atomic mass is 10.1. The topological polar surface area (TPSA) is 78.5 Å². The van der Waals surface area contributed by atoms with Gasteiger partial charge in [0.05, 0.1) is 37.3 Å². The summed E-state index contributed by atoms with van der Waals surface area (Å²) >= 11 is 0. The Labute approximate surface area is 185 Å². The van der Waals surface area contributed by atoms with Gasteiger partial charge in [0.2, 0.25) is 0 Å². The molecule has 0 bridgehead atoms. The number of nitrogens with one attached hydrogen (secondary N) is 1. The van der Waals surface area contributed by atoms with Crippen LogP contribution < -0.4 is 4.90 Å². The first-order chi connectivity index (χ1) is 15.2. The number of aromatic nitrogens is 2. The van der Waals surface area contributed by atoms with Crippen LogP contribution in [0.4, 0.5) is 18.9 Å². The van der Waals surface area contributed by atoms with E-state index in [1.54, 1.807) is 18.3 Å². The van der Waals surface area contributed by atoms with Gasteiger partial charge < -0.3 is 14.6 Å². The third kappa shape index (κ3) is 4.65. The summed E-state index contributed by atoms with van der Waals surface area (Å²) in [6, 6.07) is 4.69. The Hall–Kier alpha value is -2.11. The second-order valence-corrected chi connectivity index (χ2v) is 10.4. The molecule has 1 atom stereocenters. The number of hydrogen-bond acceptors (Lipinski definition) is 5. The molecule has 1 N–H and O–H groups in total. The van der Waals surface area contributed by atoms with Crippen LogP contribution in [0.25, 0.3) is 0 Å². The number of rotatable bonds is 6. The number of imidazole rings is 1. The summed E-state index contributed by atoms with van der Waals surface area (Å²) in [5.74, 6) is 0. The molecule has 0 radical (unpaired) electrons. The van der Waals surface area contributed by atoms with E-state index in [1.807, 2.05) is 17.9 Å². The van der Waals surface area contributed by atoms with Crippen molar-refractivity contribution >= 4 is 15.7 Å². The van der Waals surface area contributed by atoms with E-state index >= 15 is 0 Å². The first-order valence-electron chi connectivity index (χ1n) is 10.7. The second-order valence-electron chi connectivity index (χ2n) is 8.42. The smallest absolute Gasteiger partial charge is 0.376 e. The lowest BCUT2D eigenvalue weighted by Crippen LogP contribution is -2.49. The predicted octanol–water partition coefficient (Wildman–Crippen LogP) is 3.72. The zero-order valence-electron chi connectivity index (χ0n) is 17.8. The van der Waals surface area contributed by atoms with E-state index in [0.717, 1.165) is 42.6 Å². The van der Waals surface area contributed by atoms with Crippen molar-refractivity contribution in [3.05, 3.63) is 47.5 Å². The van der Waals surface area contributed by atoms with Crippen molar-refractivity contribution in [2.24, 2.45) is 0 Å². The van der Waals surface area contributed by atoms with Crippen LogP contribution >= 0.6 is 0 Å². The highest BCUT2D eigenvalue weighted by Crippen LogP contribution is 2.37. The first kappa shape index (κ1) is 23.1. The molecule has 1 fully saturated rings. The van der Waals surface area contributed by atoms with Gasteiger partial charge in [-0.3, -0.25) is 0 Å². The molecule has 7 nitrogen and oxygen atoms in total. The minimum absolute atomic E-state index is 0.0521. The number of para-hydroxylation sites is 1. The SMILES string of the molecule is Cc1cccc2c1N(Cc1cnc[nH]1)[C@H](COC1CCCC1)CN(S(=O)(=O)C(F)(F)F)C2. The number of aryl methyl sites for hydroxylation is 1. The number of ether oxygens (including phenoxy) is 1. The standard InChI is InChI=1S/C21H27F3N4O3S/c1-15-5-4-6-16-10-27(32(29,30)21(22,23)24)12-18(13-31-19-7-2-3-8-19)28(20(15)16)11-17-9-25-14-26-17/h4-6,9,14,18-19H,2-3,7-8,10-13H2,1H3,(H,25,26)/t18-/m0/s1. The molecule has 32 heavy (non-hydrogen) atoms. The summed E-state index contributed by atoms with van der Waals surface area (Å²) in [6.07, 6.45) is 7.18. The van der Waals surface area contributed by atoms with Gasteiger partial charge in [0.15, 0.2) is 0 Å². The highest BCUT2D eigenvalue weighted by molar-refractivity contribution is 7.89. The van der Waals surface area contributed by atoms with Crippen LogP contribution in [0.3, 0.4) is 0 Å². The van der Waals surface area contributed by atoms with Crippen LogP contribution in [-0.2, 0) is 27.8 Å². The molecule has 1 aromatic heterocycles. The molecule has 0 saturated heterocycles. The number of sulfonamides is 1. The Bertz CT molecular complexity index is 1020. The van der Waals surface area contributed by atoms with Crippen molar-refractivity contribution in [3.63, 3.8) is 0 Å². The Morgan fingerprint density at radius 3 is 2.66 bits per heavy atom. The molecule has 2 aromatic rings. The Morgan fingerprint density at radius 1 is 1.25 bits per heavy atom. The molecule has 0 spiro atoms. The fourth-order valence-corrected chi connectivity index (χ4v) is 5.54. The number of benzene rings is 1. The van der Waals surface area contributed by atoms with Crippen LogP contribution in [0.1, 0.15) is 42.5 Å². The van der Waals surface area contributed by atoms with E-state index in [1.165, 1.54) is 6.33 Å². The van der Waals surface area contributed by atoms with E-state index in [2.05, 4.69) is 9.97 Å². The molecule has 176 valence electrons. The summed E-state index contributed by atoms with van der Waals surface area (Å²) in [5.41, 5.74) is -2.47. The van der Waals surface area contributed by atoms with Crippen LogP contribution in [0.5, 0.6) is 0 Å². The van der Waals surface area contributed by atoms with Gasteiger partial charge in [0, 0.05) is 25.0 Å². The normalized spacial score (nSPS) is 21.0. The number of halogens is 3. The van der Waals surface area contributed by atoms with Gasteiger partial charge in [-0.2, -0.15) is 17.5 Å². The number of nitrogens with zero attached hydrogens (tertiary/aromatic N) is 3. The molecular formula is C21H27F3N4O3S. The predicted molar refractivity (Wildman–Crippen MR) is 113 cm³/mol. The van der Waals surface area contributed by atoms with Crippen molar-refractivity contribution in [1.29, 1.82) is 0 Å². The van der Waals surface area contributed by atoms with Crippen molar-refractivity contribution in [1.82, 2.24) is 14.3 Å². The summed E-state index contributed by atoms with van der Waals surface area (Å²) in [6.45, 7) is 1.68. The lowest BCUT2D eigenvalue weighted by Gasteiger charge is -2.35. The highest BCUT2D eigenvalue weighted by atomic mass is 32.2. The minimum atomic E-state index is -5.50. The number of anilines is 1. The van der Waals surface area contributed by atoms with Crippen LogP contribution in [0, 0.1) is 6.92 Å². The van der Waals surface area contributed by atoms with Gasteiger partial charge in [-0.25, -0.2) is 13.4 Å². The van der Waals surface area contributed by atoms with Crippen LogP contribution in [0.15, 0.2) is 30.7 Å². The molecule has 1 aliphatic heterocycles.